The summed E-state index contributed by atoms with van der Waals surface area (Å²) in [5, 5.41) is 12.1. The van der Waals surface area contributed by atoms with Crippen LogP contribution in [0.3, 0.4) is 0 Å². The Morgan fingerprint density at radius 1 is 1.09 bits per heavy atom. The van der Waals surface area contributed by atoms with E-state index in [2.05, 4.69) is 0 Å². The van der Waals surface area contributed by atoms with Crippen LogP contribution in [0.1, 0.15) is 17.4 Å². The molecular formula is C22H19F3N2O5. The van der Waals surface area contributed by atoms with Gasteiger partial charge in [0, 0.05) is 17.0 Å². The summed E-state index contributed by atoms with van der Waals surface area (Å²) in [6.45, 7) is 0. The normalized spacial score (nSPS) is 13.2. The van der Waals surface area contributed by atoms with Gasteiger partial charge in [-0.3, -0.25) is 19.8 Å². The third kappa shape index (κ3) is 5.08. The molecule has 10 heteroatoms. The molecule has 0 saturated carbocycles. The minimum atomic E-state index is -5.28. The molecule has 0 aliphatic rings. The van der Waals surface area contributed by atoms with Crippen molar-refractivity contribution in [3.8, 4) is 5.75 Å². The minimum Gasteiger partial charge on any atom is -0.497 e. The fourth-order valence-electron chi connectivity index (χ4n) is 3.39. The predicted octanol–water partition coefficient (Wildman–Crippen LogP) is 4.81. The molecule has 0 fully saturated rings. The molecular weight excluding hydrogens is 429 g/mol. The van der Waals surface area contributed by atoms with E-state index in [0.29, 0.717) is 16.2 Å². The zero-order chi connectivity index (χ0) is 23.3. The Kier molecular flexibility index (Phi) is 6.82. The molecule has 168 valence electrons. The summed E-state index contributed by atoms with van der Waals surface area (Å²) >= 11 is 0. The number of halogens is 3. The van der Waals surface area contributed by atoms with E-state index >= 15 is 0 Å². The number of hydrogen-bond acceptors (Lipinski definition) is 5. The van der Waals surface area contributed by atoms with Gasteiger partial charge in [0.25, 0.3) is 0 Å². The van der Waals surface area contributed by atoms with Gasteiger partial charge in [-0.05, 0) is 42.0 Å². The fourth-order valence-corrected chi connectivity index (χ4v) is 3.39. The molecule has 3 rings (SSSR count). The van der Waals surface area contributed by atoms with Crippen LogP contribution in [0.4, 0.5) is 18.9 Å². The molecule has 0 saturated heterocycles. The predicted molar refractivity (Wildman–Crippen MR) is 109 cm³/mol. The van der Waals surface area contributed by atoms with Gasteiger partial charge in [-0.25, -0.2) is 0 Å². The number of rotatable bonds is 8. The van der Waals surface area contributed by atoms with E-state index in [4.69, 9.17) is 9.15 Å². The maximum atomic E-state index is 13.6. The second kappa shape index (κ2) is 9.54. The Morgan fingerprint density at radius 3 is 2.25 bits per heavy atom. The van der Waals surface area contributed by atoms with Crippen molar-refractivity contribution in [1.29, 1.82) is 0 Å². The molecule has 2 atom stereocenters. The lowest BCUT2D eigenvalue weighted by atomic mass is 9.96. The molecule has 1 aromatic heterocycles. The van der Waals surface area contributed by atoms with Gasteiger partial charge in [0.15, 0.2) is 6.04 Å². The maximum Gasteiger partial charge on any atom is 0.471 e. The van der Waals surface area contributed by atoms with E-state index in [9.17, 15) is 28.1 Å². The summed E-state index contributed by atoms with van der Waals surface area (Å²) in [6, 6.07) is 12.9. The Labute approximate surface area is 181 Å². The van der Waals surface area contributed by atoms with Gasteiger partial charge < -0.3 is 9.15 Å². The van der Waals surface area contributed by atoms with Crippen LogP contribution in [0.2, 0.25) is 0 Å². The van der Waals surface area contributed by atoms with Crippen LogP contribution in [-0.4, -0.2) is 30.2 Å². The van der Waals surface area contributed by atoms with Gasteiger partial charge in [-0.1, -0.05) is 30.3 Å². The smallest absolute Gasteiger partial charge is 0.471 e. The van der Waals surface area contributed by atoms with Crippen molar-refractivity contribution in [2.24, 2.45) is 0 Å². The number of furan rings is 1. The first-order valence-corrected chi connectivity index (χ1v) is 9.47. The highest BCUT2D eigenvalue weighted by atomic mass is 19.4. The fraction of sp³-hybridized carbons (Fsp3) is 0.227. The topological polar surface area (TPSA) is 85.8 Å². The number of methoxy groups -OCH3 is 1. The lowest BCUT2D eigenvalue weighted by Crippen LogP contribution is -2.49. The lowest BCUT2D eigenvalue weighted by molar-refractivity contribution is -0.526. The number of benzene rings is 2. The standard InChI is InChI=1S/C22H19F3N2O5/c1-31-17-11-9-16(10-12-17)26(21(28)22(23,24)25)20(19-8-5-13-32-19)18(27(29)30)14-15-6-3-2-4-7-15/h2-13,18,20H,14H2,1H3/t18-,20-/m1/s1. The average Bonchev–Trinajstić information content (AvgIpc) is 3.30. The van der Waals surface area contributed by atoms with Crippen LogP contribution in [0, 0.1) is 10.1 Å². The van der Waals surface area contributed by atoms with Crippen LogP contribution >= 0.6 is 0 Å². The number of ether oxygens (including phenoxy) is 1. The molecule has 2 aromatic carbocycles. The molecule has 0 radical (unpaired) electrons. The van der Waals surface area contributed by atoms with Gasteiger partial charge in [0.1, 0.15) is 11.5 Å². The Balaban J connectivity index is 2.17. The number of anilines is 1. The molecule has 7 nitrogen and oxygen atoms in total. The number of alkyl halides is 3. The molecule has 3 aromatic rings. The second-order valence-electron chi connectivity index (χ2n) is 6.87. The molecule has 0 bridgehead atoms. The first-order valence-electron chi connectivity index (χ1n) is 9.47. The van der Waals surface area contributed by atoms with Gasteiger partial charge in [0.2, 0.25) is 6.04 Å². The van der Waals surface area contributed by atoms with Crippen molar-refractivity contribution < 1.29 is 32.0 Å². The van der Waals surface area contributed by atoms with E-state index in [1.807, 2.05) is 0 Å². The second-order valence-corrected chi connectivity index (χ2v) is 6.87. The summed E-state index contributed by atoms with van der Waals surface area (Å²) in [5.74, 6) is -2.04. The van der Waals surface area contributed by atoms with Gasteiger partial charge in [-0.2, -0.15) is 13.2 Å². The zero-order valence-electron chi connectivity index (χ0n) is 16.9. The summed E-state index contributed by atoms with van der Waals surface area (Å²) in [5.41, 5.74) is 0.342. The summed E-state index contributed by atoms with van der Waals surface area (Å²) in [4.78, 5) is 24.3. The number of hydrogen-bond donors (Lipinski definition) is 0. The van der Waals surface area contributed by atoms with E-state index in [0.717, 1.165) is 0 Å². The van der Waals surface area contributed by atoms with Crippen LogP contribution in [0.15, 0.2) is 77.4 Å². The maximum absolute atomic E-state index is 13.6. The SMILES string of the molecule is COc1ccc(N(C(=O)C(F)(F)F)[C@@H](c2ccco2)[C@@H](Cc2ccccc2)[N+](=O)[O-])cc1. The van der Waals surface area contributed by atoms with Gasteiger partial charge in [-0.15, -0.1) is 0 Å². The number of nitrogens with zero attached hydrogens (tertiary/aromatic N) is 2. The van der Waals surface area contributed by atoms with Crippen LogP contribution in [0.5, 0.6) is 5.75 Å². The number of amides is 1. The minimum absolute atomic E-state index is 0.143. The largest absolute Gasteiger partial charge is 0.497 e. The molecule has 0 aliphatic heterocycles. The molecule has 0 N–H and O–H groups in total. The third-order valence-corrected chi connectivity index (χ3v) is 4.85. The Bertz CT molecular complexity index is 1040. The monoisotopic (exact) mass is 448 g/mol. The van der Waals surface area contributed by atoms with Crippen molar-refractivity contribution in [3.63, 3.8) is 0 Å². The van der Waals surface area contributed by atoms with E-state index in [1.54, 1.807) is 30.3 Å². The van der Waals surface area contributed by atoms with Crippen LogP contribution < -0.4 is 9.64 Å². The highest BCUT2D eigenvalue weighted by Gasteiger charge is 2.50. The molecule has 1 amide bonds. The zero-order valence-corrected chi connectivity index (χ0v) is 16.9. The quantitative estimate of drug-likeness (QED) is 0.365. The van der Waals surface area contributed by atoms with Crippen LogP contribution in [0.25, 0.3) is 0 Å². The number of carbonyl (C=O) groups is 1. The summed E-state index contributed by atoms with van der Waals surface area (Å²) in [6.07, 6.45) is -4.32. The molecule has 1 heterocycles. The third-order valence-electron chi connectivity index (χ3n) is 4.85. The van der Waals surface area contributed by atoms with Crippen molar-refractivity contribution in [2.75, 3.05) is 12.0 Å². The molecule has 0 aliphatic carbocycles. The molecule has 32 heavy (non-hydrogen) atoms. The first kappa shape index (κ1) is 22.9. The van der Waals surface area contributed by atoms with E-state index in [-0.39, 0.29) is 17.9 Å². The number of carbonyl (C=O) groups excluding carboxylic acids is 1. The molecule has 0 unspecified atom stereocenters. The summed E-state index contributed by atoms with van der Waals surface area (Å²) < 4.78 is 51.1. The lowest BCUT2D eigenvalue weighted by Gasteiger charge is -2.32. The highest BCUT2D eigenvalue weighted by Crippen LogP contribution is 2.37. The Morgan fingerprint density at radius 2 is 1.75 bits per heavy atom. The first-order chi connectivity index (χ1) is 15.2. The van der Waals surface area contributed by atoms with Crippen molar-refractivity contribution in [3.05, 3.63) is 94.4 Å². The highest BCUT2D eigenvalue weighted by molar-refractivity contribution is 5.98. The van der Waals surface area contributed by atoms with E-state index in [1.165, 1.54) is 49.8 Å². The van der Waals surface area contributed by atoms with Crippen LogP contribution in [-0.2, 0) is 11.2 Å². The van der Waals surface area contributed by atoms with Gasteiger partial charge in [0.05, 0.1) is 13.4 Å². The Hall–Kier alpha value is -3.82. The molecule has 0 spiro atoms. The van der Waals surface area contributed by atoms with Crippen molar-refractivity contribution in [2.45, 2.75) is 24.7 Å². The van der Waals surface area contributed by atoms with Crippen molar-refractivity contribution in [1.82, 2.24) is 0 Å². The number of nitro groups is 1. The average molecular weight is 448 g/mol. The van der Waals surface area contributed by atoms with Crippen molar-refractivity contribution >= 4 is 11.6 Å². The van der Waals surface area contributed by atoms with Gasteiger partial charge >= 0.3 is 12.1 Å². The van der Waals surface area contributed by atoms with E-state index < -0.39 is 29.1 Å². The summed E-state index contributed by atoms with van der Waals surface area (Å²) in [7, 11) is 1.38.